The van der Waals surface area contributed by atoms with Gasteiger partial charge in [0.25, 0.3) is 0 Å². The van der Waals surface area contributed by atoms with E-state index in [0.29, 0.717) is 6.54 Å². The van der Waals surface area contributed by atoms with Crippen molar-refractivity contribution in [3.63, 3.8) is 0 Å². The first kappa shape index (κ1) is 9.12. The van der Waals surface area contributed by atoms with Crippen molar-refractivity contribution in [3.05, 3.63) is 24.3 Å². The lowest BCUT2D eigenvalue weighted by Crippen LogP contribution is -2.30. The average molecular weight is 190 g/mol. The van der Waals surface area contributed by atoms with Crippen LogP contribution in [0.1, 0.15) is 25.5 Å². The van der Waals surface area contributed by atoms with E-state index in [2.05, 4.69) is 21.6 Å². The molecular weight excluding hydrogens is 178 g/mol. The molecule has 0 spiro atoms. The molecule has 1 aromatic rings. The number of aromatic nitrogens is 2. The van der Waals surface area contributed by atoms with Crippen molar-refractivity contribution < 1.29 is 4.79 Å². The second-order valence-electron chi connectivity index (χ2n) is 3.73. The summed E-state index contributed by atoms with van der Waals surface area (Å²) in [5.41, 5.74) is 1.05. The highest BCUT2D eigenvalue weighted by Crippen LogP contribution is 2.46. The minimum atomic E-state index is 0.00862. The van der Waals surface area contributed by atoms with E-state index in [4.69, 9.17) is 0 Å². The average Bonchev–Trinajstić information content (AvgIpc) is 2.97. The molecule has 14 heavy (non-hydrogen) atoms. The number of nitrogens with zero attached hydrogens (tertiary/aromatic N) is 2. The van der Waals surface area contributed by atoms with Crippen molar-refractivity contribution in [1.29, 1.82) is 0 Å². The number of carbonyl (C=O) groups is 1. The van der Waals surface area contributed by atoms with Gasteiger partial charge in [0.2, 0.25) is 5.91 Å². The number of rotatable bonds is 3. The van der Waals surface area contributed by atoms with Gasteiger partial charge in [0.15, 0.2) is 6.33 Å². The summed E-state index contributed by atoms with van der Waals surface area (Å²) in [5, 5.41) is 2.83. The first-order valence-electron chi connectivity index (χ1n) is 4.67. The summed E-state index contributed by atoms with van der Waals surface area (Å²) >= 11 is 0. The van der Waals surface area contributed by atoms with Crippen LogP contribution in [0.2, 0.25) is 0 Å². The molecule has 1 saturated carbocycles. The van der Waals surface area contributed by atoms with Gasteiger partial charge in [-0.25, -0.2) is 9.97 Å². The predicted molar refractivity (Wildman–Crippen MR) is 50.5 cm³/mol. The molecule has 1 fully saturated rings. The molecule has 2 rings (SSSR count). The van der Waals surface area contributed by atoms with Gasteiger partial charge < -0.3 is 5.32 Å². The van der Waals surface area contributed by atoms with Crippen LogP contribution in [0.15, 0.2) is 12.3 Å². The quantitative estimate of drug-likeness (QED) is 0.752. The topological polar surface area (TPSA) is 54.9 Å². The van der Waals surface area contributed by atoms with Gasteiger partial charge in [-0.3, -0.25) is 4.79 Å². The molecule has 1 aromatic heterocycles. The third-order valence-electron chi connectivity index (χ3n) is 2.61. The number of hydrogen-bond acceptors (Lipinski definition) is 3. The van der Waals surface area contributed by atoms with Gasteiger partial charge >= 0.3 is 0 Å². The Labute approximate surface area is 82.8 Å². The molecule has 0 aromatic carbocycles. The molecule has 1 aliphatic rings. The standard InChI is InChI=1S/C10H12N3O/c1-8(14)12-6-10(3-4-10)9-2-5-11-7-13-9/h2,5H,3-4,6H2,1H3,(H,12,14). The van der Waals surface area contributed by atoms with Gasteiger partial charge in [0.05, 0.1) is 5.69 Å². The van der Waals surface area contributed by atoms with Crippen molar-refractivity contribution >= 4 is 5.91 Å². The fraction of sp³-hybridized carbons (Fsp3) is 0.500. The summed E-state index contributed by atoms with van der Waals surface area (Å²) in [7, 11) is 0. The first-order chi connectivity index (χ1) is 6.73. The molecule has 0 atom stereocenters. The fourth-order valence-corrected chi connectivity index (χ4v) is 1.52. The van der Waals surface area contributed by atoms with E-state index in [9.17, 15) is 4.79 Å². The summed E-state index contributed by atoms with van der Waals surface area (Å²) in [6, 6.07) is 1.89. The number of hydrogen-bond donors (Lipinski definition) is 1. The van der Waals surface area contributed by atoms with Crippen LogP contribution in [0.25, 0.3) is 0 Å². The Morgan fingerprint density at radius 3 is 3.00 bits per heavy atom. The molecule has 1 amide bonds. The lowest BCUT2D eigenvalue weighted by atomic mass is 10.0. The second kappa shape index (κ2) is 3.36. The molecule has 1 heterocycles. The monoisotopic (exact) mass is 190 g/mol. The maximum absolute atomic E-state index is 10.8. The van der Waals surface area contributed by atoms with Crippen molar-refractivity contribution in [2.75, 3.05) is 6.54 Å². The Morgan fingerprint density at radius 1 is 1.71 bits per heavy atom. The number of carbonyl (C=O) groups excluding carboxylic acids is 1. The van der Waals surface area contributed by atoms with Crippen LogP contribution in [0.3, 0.4) is 0 Å². The maximum atomic E-state index is 10.8. The van der Waals surface area contributed by atoms with Crippen LogP contribution in [0.4, 0.5) is 0 Å². The Bertz CT molecular complexity index is 332. The zero-order valence-corrected chi connectivity index (χ0v) is 8.08. The van der Waals surface area contributed by atoms with Crippen LogP contribution >= 0.6 is 0 Å². The third kappa shape index (κ3) is 1.73. The minimum Gasteiger partial charge on any atom is -0.355 e. The Balaban J connectivity index is 2.06. The second-order valence-corrected chi connectivity index (χ2v) is 3.73. The Kier molecular flexibility index (Phi) is 2.19. The van der Waals surface area contributed by atoms with Crippen LogP contribution in [-0.4, -0.2) is 22.4 Å². The van der Waals surface area contributed by atoms with Crippen LogP contribution < -0.4 is 5.32 Å². The summed E-state index contributed by atoms with van der Waals surface area (Å²) in [5.74, 6) is 0.00862. The highest BCUT2D eigenvalue weighted by atomic mass is 16.1. The van der Waals surface area contributed by atoms with Gasteiger partial charge in [-0.1, -0.05) is 0 Å². The van der Waals surface area contributed by atoms with E-state index in [0.717, 1.165) is 18.5 Å². The molecule has 1 aliphatic carbocycles. The van der Waals surface area contributed by atoms with E-state index in [1.165, 1.54) is 6.92 Å². The van der Waals surface area contributed by atoms with Gasteiger partial charge in [0, 0.05) is 25.1 Å². The van der Waals surface area contributed by atoms with Crippen molar-refractivity contribution in [1.82, 2.24) is 15.3 Å². The van der Waals surface area contributed by atoms with E-state index in [1.54, 1.807) is 6.20 Å². The van der Waals surface area contributed by atoms with Gasteiger partial charge in [-0.2, -0.15) is 0 Å². The SMILES string of the molecule is CC(=O)NCC1(c2ccn[c]n2)CC1. The summed E-state index contributed by atoms with van der Waals surface area (Å²) in [6.45, 7) is 2.20. The van der Waals surface area contributed by atoms with E-state index >= 15 is 0 Å². The van der Waals surface area contributed by atoms with E-state index in [-0.39, 0.29) is 11.3 Å². The Morgan fingerprint density at radius 2 is 2.50 bits per heavy atom. The maximum Gasteiger partial charge on any atom is 0.216 e. The van der Waals surface area contributed by atoms with Crippen molar-refractivity contribution in [2.24, 2.45) is 0 Å². The Hall–Kier alpha value is -1.45. The molecule has 0 aliphatic heterocycles. The first-order valence-corrected chi connectivity index (χ1v) is 4.67. The minimum absolute atomic E-state index is 0.00862. The fourth-order valence-electron chi connectivity index (χ4n) is 1.52. The summed E-state index contributed by atoms with van der Waals surface area (Å²) in [4.78, 5) is 18.7. The van der Waals surface area contributed by atoms with Gasteiger partial charge in [-0.05, 0) is 18.9 Å². The largest absolute Gasteiger partial charge is 0.355 e. The highest BCUT2D eigenvalue weighted by molar-refractivity contribution is 5.73. The van der Waals surface area contributed by atoms with Gasteiger partial charge in [0.1, 0.15) is 0 Å². The molecule has 0 saturated heterocycles. The smallest absolute Gasteiger partial charge is 0.216 e. The van der Waals surface area contributed by atoms with Crippen molar-refractivity contribution in [2.45, 2.75) is 25.2 Å². The molecule has 1 N–H and O–H groups in total. The zero-order valence-electron chi connectivity index (χ0n) is 8.08. The highest BCUT2D eigenvalue weighted by Gasteiger charge is 2.45. The molecule has 4 heteroatoms. The van der Waals surface area contributed by atoms with Crippen LogP contribution in [-0.2, 0) is 10.2 Å². The lowest BCUT2D eigenvalue weighted by Gasteiger charge is -2.13. The third-order valence-corrected chi connectivity index (χ3v) is 2.61. The molecule has 0 unspecified atom stereocenters. The predicted octanol–water partition coefficient (Wildman–Crippen LogP) is 0.444. The molecule has 1 radical (unpaired) electrons. The lowest BCUT2D eigenvalue weighted by molar-refractivity contribution is -0.119. The number of nitrogens with one attached hydrogen (secondary N) is 1. The zero-order chi connectivity index (χ0) is 10.0. The number of amides is 1. The molecule has 4 nitrogen and oxygen atoms in total. The summed E-state index contributed by atoms with van der Waals surface area (Å²) < 4.78 is 0. The van der Waals surface area contributed by atoms with Crippen molar-refractivity contribution in [3.8, 4) is 0 Å². The van der Waals surface area contributed by atoms with Crippen LogP contribution in [0, 0.1) is 6.33 Å². The normalized spacial score (nSPS) is 17.5. The molecular formula is C10H12N3O. The molecule has 0 bridgehead atoms. The summed E-state index contributed by atoms with van der Waals surface area (Å²) in [6.07, 6.45) is 6.44. The van der Waals surface area contributed by atoms with Gasteiger partial charge in [-0.15, -0.1) is 0 Å². The van der Waals surface area contributed by atoms with Crippen LogP contribution in [0.5, 0.6) is 0 Å². The molecule has 73 valence electrons. The van der Waals surface area contributed by atoms with E-state index in [1.807, 2.05) is 6.07 Å². The van der Waals surface area contributed by atoms with E-state index < -0.39 is 0 Å².